The zero-order valence-corrected chi connectivity index (χ0v) is 8.77. The van der Waals surface area contributed by atoms with Gasteiger partial charge in [0.2, 0.25) is 0 Å². The van der Waals surface area contributed by atoms with Crippen molar-refractivity contribution in [1.29, 1.82) is 0 Å². The summed E-state index contributed by atoms with van der Waals surface area (Å²) >= 11 is 0. The predicted octanol–water partition coefficient (Wildman–Crippen LogP) is 0.371. The Morgan fingerprint density at radius 2 is 2.27 bits per heavy atom. The molecule has 82 valence electrons. The number of rotatable bonds is 2. The number of hydrogen-bond donors (Lipinski definition) is 1. The van der Waals surface area contributed by atoms with E-state index in [0.717, 1.165) is 26.1 Å². The minimum absolute atomic E-state index is 0.0796. The Bertz CT molecular complexity index is 382. The molecule has 1 N–H and O–H groups in total. The van der Waals surface area contributed by atoms with Crippen LogP contribution in [0.3, 0.4) is 0 Å². The normalized spacial score (nSPS) is 17.7. The van der Waals surface area contributed by atoms with E-state index >= 15 is 0 Å². The van der Waals surface area contributed by atoms with Gasteiger partial charge in [0.1, 0.15) is 0 Å². The molecule has 5 nitrogen and oxygen atoms in total. The Kier molecular flexibility index (Phi) is 3.01. The van der Waals surface area contributed by atoms with Crippen LogP contribution in [0, 0.1) is 0 Å². The van der Waals surface area contributed by atoms with E-state index in [1.165, 1.54) is 4.57 Å². The first-order valence-corrected chi connectivity index (χ1v) is 5.13. The topological polar surface area (TPSA) is 56.1 Å². The highest BCUT2D eigenvalue weighted by atomic mass is 16.5. The summed E-state index contributed by atoms with van der Waals surface area (Å²) in [6.07, 6.45) is 5.14. The highest BCUT2D eigenvalue weighted by molar-refractivity contribution is 5.32. The Morgan fingerprint density at radius 1 is 1.53 bits per heavy atom. The van der Waals surface area contributed by atoms with E-state index in [-0.39, 0.29) is 5.56 Å². The first-order valence-electron chi connectivity index (χ1n) is 5.13. The smallest absolute Gasteiger partial charge is 0.293 e. The molecule has 15 heavy (non-hydrogen) atoms. The van der Waals surface area contributed by atoms with Gasteiger partial charge < -0.3 is 14.6 Å². The highest BCUT2D eigenvalue weighted by Gasteiger charge is 2.15. The Labute approximate surface area is 88.1 Å². The third-order valence-corrected chi connectivity index (χ3v) is 2.58. The van der Waals surface area contributed by atoms with Crippen LogP contribution >= 0.6 is 0 Å². The van der Waals surface area contributed by atoms with Crippen LogP contribution in [-0.4, -0.2) is 28.8 Å². The van der Waals surface area contributed by atoms with Crippen molar-refractivity contribution < 1.29 is 4.74 Å². The zero-order valence-electron chi connectivity index (χ0n) is 8.77. The van der Waals surface area contributed by atoms with Gasteiger partial charge in [-0.1, -0.05) is 0 Å². The van der Waals surface area contributed by atoms with Crippen LogP contribution in [0.4, 0.5) is 5.82 Å². The number of aromatic nitrogens is 2. The number of ether oxygens (including phenoxy) is 1. The van der Waals surface area contributed by atoms with Gasteiger partial charge in [-0.2, -0.15) is 0 Å². The largest absolute Gasteiger partial charge is 0.381 e. The minimum Gasteiger partial charge on any atom is -0.381 e. The van der Waals surface area contributed by atoms with Gasteiger partial charge in [-0.15, -0.1) is 0 Å². The van der Waals surface area contributed by atoms with Gasteiger partial charge in [0, 0.05) is 38.7 Å². The molecule has 1 aliphatic heterocycles. The van der Waals surface area contributed by atoms with Crippen LogP contribution in [0.15, 0.2) is 17.2 Å². The molecule has 0 radical (unpaired) electrons. The molecule has 0 saturated carbocycles. The molecule has 2 heterocycles. The van der Waals surface area contributed by atoms with Crippen LogP contribution in [-0.2, 0) is 11.8 Å². The molecule has 0 bridgehead atoms. The molecule has 1 fully saturated rings. The maximum absolute atomic E-state index is 11.6. The quantitative estimate of drug-likeness (QED) is 0.764. The van der Waals surface area contributed by atoms with E-state index < -0.39 is 0 Å². The standard InChI is InChI=1S/C10H15N3O2/c1-13-5-4-11-9(10(13)14)12-8-2-6-15-7-3-8/h4-5,8H,2-3,6-7H2,1H3,(H,11,12). The van der Waals surface area contributed by atoms with Crippen LogP contribution in [0.25, 0.3) is 0 Å². The van der Waals surface area contributed by atoms with Gasteiger partial charge in [0.05, 0.1) is 0 Å². The van der Waals surface area contributed by atoms with Crippen LogP contribution in [0.5, 0.6) is 0 Å². The van der Waals surface area contributed by atoms with Crippen LogP contribution in [0.2, 0.25) is 0 Å². The third-order valence-electron chi connectivity index (χ3n) is 2.58. The first kappa shape index (κ1) is 10.2. The van der Waals surface area contributed by atoms with Crippen molar-refractivity contribution in [2.75, 3.05) is 18.5 Å². The summed E-state index contributed by atoms with van der Waals surface area (Å²) in [6, 6.07) is 0.307. The molecule has 0 spiro atoms. The Hall–Kier alpha value is -1.36. The Morgan fingerprint density at radius 3 is 3.00 bits per heavy atom. The van der Waals surface area contributed by atoms with E-state index in [4.69, 9.17) is 4.74 Å². The molecule has 0 aromatic carbocycles. The Balaban J connectivity index is 2.09. The number of nitrogens with one attached hydrogen (secondary N) is 1. The van der Waals surface area contributed by atoms with Crippen molar-refractivity contribution >= 4 is 5.82 Å². The molecule has 1 aromatic heterocycles. The average molecular weight is 209 g/mol. The third kappa shape index (κ3) is 2.36. The maximum Gasteiger partial charge on any atom is 0.293 e. The van der Waals surface area contributed by atoms with Crippen LogP contribution < -0.4 is 10.9 Å². The molecular weight excluding hydrogens is 194 g/mol. The van der Waals surface area contributed by atoms with Gasteiger partial charge in [0.25, 0.3) is 5.56 Å². The van der Waals surface area contributed by atoms with E-state index in [0.29, 0.717) is 11.9 Å². The molecule has 5 heteroatoms. The lowest BCUT2D eigenvalue weighted by Crippen LogP contribution is -2.32. The average Bonchev–Trinajstić information content (AvgIpc) is 2.26. The van der Waals surface area contributed by atoms with Crippen molar-refractivity contribution in [2.45, 2.75) is 18.9 Å². The van der Waals surface area contributed by atoms with E-state index in [9.17, 15) is 4.79 Å². The van der Waals surface area contributed by atoms with Gasteiger partial charge in [0.15, 0.2) is 5.82 Å². The molecule has 0 unspecified atom stereocenters. The summed E-state index contributed by atoms with van der Waals surface area (Å²) < 4.78 is 6.77. The van der Waals surface area contributed by atoms with Crippen molar-refractivity contribution in [1.82, 2.24) is 9.55 Å². The summed E-state index contributed by atoms with van der Waals surface area (Å²) in [5.74, 6) is 0.437. The molecule has 1 aliphatic rings. The summed E-state index contributed by atoms with van der Waals surface area (Å²) in [4.78, 5) is 15.7. The number of anilines is 1. The number of aryl methyl sites for hydroxylation is 1. The summed E-state index contributed by atoms with van der Waals surface area (Å²) in [6.45, 7) is 1.51. The fourth-order valence-corrected chi connectivity index (χ4v) is 1.63. The van der Waals surface area contributed by atoms with Gasteiger partial charge in [-0.25, -0.2) is 4.98 Å². The van der Waals surface area contributed by atoms with Crippen molar-refractivity contribution in [3.8, 4) is 0 Å². The lowest BCUT2D eigenvalue weighted by molar-refractivity contribution is 0.0903. The fraction of sp³-hybridized carbons (Fsp3) is 0.600. The van der Waals surface area contributed by atoms with Gasteiger partial charge in [-0.05, 0) is 12.8 Å². The van der Waals surface area contributed by atoms with Crippen molar-refractivity contribution in [2.24, 2.45) is 7.05 Å². The predicted molar refractivity (Wildman–Crippen MR) is 56.9 cm³/mol. The molecule has 1 saturated heterocycles. The lowest BCUT2D eigenvalue weighted by atomic mass is 10.1. The van der Waals surface area contributed by atoms with Gasteiger partial charge >= 0.3 is 0 Å². The number of hydrogen-bond acceptors (Lipinski definition) is 4. The second-order valence-electron chi connectivity index (χ2n) is 3.72. The second-order valence-corrected chi connectivity index (χ2v) is 3.72. The second kappa shape index (κ2) is 4.44. The van der Waals surface area contributed by atoms with Gasteiger partial charge in [-0.3, -0.25) is 4.79 Å². The van der Waals surface area contributed by atoms with Crippen molar-refractivity contribution in [3.05, 3.63) is 22.7 Å². The van der Waals surface area contributed by atoms with E-state index in [1.54, 1.807) is 19.4 Å². The summed E-state index contributed by atoms with van der Waals surface area (Å²) in [5.41, 5.74) is -0.0796. The van der Waals surface area contributed by atoms with Crippen LogP contribution in [0.1, 0.15) is 12.8 Å². The van der Waals surface area contributed by atoms with E-state index in [2.05, 4.69) is 10.3 Å². The zero-order chi connectivity index (χ0) is 10.7. The minimum atomic E-state index is -0.0796. The fourth-order valence-electron chi connectivity index (χ4n) is 1.63. The molecule has 1 aromatic rings. The summed E-state index contributed by atoms with van der Waals surface area (Å²) in [5, 5.41) is 3.17. The molecule has 0 aliphatic carbocycles. The molecule has 0 amide bonds. The van der Waals surface area contributed by atoms with Crippen molar-refractivity contribution in [3.63, 3.8) is 0 Å². The SMILES string of the molecule is Cn1ccnc(NC2CCOCC2)c1=O. The van der Waals surface area contributed by atoms with E-state index in [1.807, 2.05) is 0 Å². The monoisotopic (exact) mass is 209 g/mol. The maximum atomic E-state index is 11.6. The molecular formula is C10H15N3O2. The molecule has 2 rings (SSSR count). The first-order chi connectivity index (χ1) is 7.27. The highest BCUT2D eigenvalue weighted by Crippen LogP contribution is 2.10. The lowest BCUT2D eigenvalue weighted by Gasteiger charge is -2.23. The number of nitrogens with zero attached hydrogens (tertiary/aromatic N) is 2. The summed E-state index contributed by atoms with van der Waals surface area (Å²) in [7, 11) is 1.72. The molecule has 0 atom stereocenters.